The lowest BCUT2D eigenvalue weighted by Crippen LogP contribution is -2.48. The van der Waals surface area contributed by atoms with Gasteiger partial charge in [0.1, 0.15) is 12.1 Å². The molecule has 0 aromatic carbocycles. The molecule has 2 aliphatic heterocycles. The molecule has 3 heterocycles. The minimum Gasteiger partial charge on any atom is -0.333 e. The maximum atomic E-state index is 12.9. The number of nitrogens with zero attached hydrogens (tertiary/aromatic N) is 3. The third-order valence-corrected chi connectivity index (χ3v) is 5.45. The molecule has 8 heteroatoms. The number of amides is 4. The number of carbonyl (C=O) groups is 3. The summed E-state index contributed by atoms with van der Waals surface area (Å²) >= 11 is 0. The molecule has 0 radical (unpaired) electrons. The van der Waals surface area contributed by atoms with Crippen LogP contribution in [0.1, 0.15) is 57.7 Å². The lowest BCUT2D eigenvalue weighted by Gasteiger charge is -2.35. The number of imide groups is 1. The molecule has 3 rings (SSSR count). The highest BCUT2D eigenvalue weighted by Gasteiger charge is 2.49. The Balaban J connectivity index is 1.75. The van der Waals surface area contributed by atoms with E-state index in [-0.39, 0.29) is 24.4 Å². The fourth-order valence-electron chi connectivity index (χ4n) is 3.78. The van der Waals surface area contributed by atoms with E-state index in [0.717, 1.165) is 29.9 Å². The van der Waals surface area contributed by atoms with Crippen LogP contribution in [0.5, 0.6) is 0 Å². The zero-order chi connectivity index (χ0) is 18.0. The number of piperidine rings is 1. The van der Waals surface area contributed by atoms with Crippen LogP contribution >= 0.6 is 0 Å². The Labute approximate surface area is 146 Å². The van der Waals surface area contributed by atoms with Crippen molar-refractivity contribution in [2.75, 3.05) is 13.1 Å². The minimum absolute atomic E-state index is 0.0772. The first-order valence-corrected chi connectivity index (χ1v) is 8.95. The van der Waals surface area contributed by atoms with Gasteiger partial charge in [0.2, 0.25) is 5.91 Å². The first kappa shape index (κ1) is 17.4. The summed E-state index contributed by atoms with van der Waals surface area (Å²) in [5, 5.41) is 9.66. The predicted molar refractivity (Wildman–Crippen MR) is 90.5 cm³/mol. The Morgan fingerprint density at radius 1 is 1.32 bits per heavy atom. The van der Waals surface area contributed by atoms with Crippen molar-refractivity contribution in [1.82, 2.24) is 25.3 Å². The fourth-order valence-corrected chi connectivity index (χ4v) is 3.78. The van der Waals surface area contributed by atoms with E-state index in [9.17, 15) is 14.4 Å². The Morgan fingerprint density at radius 3 is 2.68 bits per heavy atom. The van der Waals surface area contributed by atoms with Crippen molar-refractivity contribution in [1.29, 1.82) is 0 Å². The van der Waals surface area contributed by atoms with Crippen LogP contribution in [0.25, 0.3) is 0 Å². The molecule has 1 aromatic rings. The molecule has 25 heavy (non-hydrogen) atoms. The highest BCUT2D eigenvalue weighted by atomic mass is 16.2. The van der Waals surface area contributed by atoms with Crippen LogP contribution in [0.4, 0.5) is 4.79 Å². The number of urea groups is 1. The van der Waals surface area contributed by atoms with Gasteiger partial charge in [0.05, 0.1) is 11.7 Å². The van der Waals surface area contributed by atoms with Gasteiger partial charge in [-0.2, -0.15) is 5.10 Å². The van der Waals surface area contributed by atoms with E-state index in [4.69, 9.17) is 0 Å². The molecule has 0 bridgehead atoms. The SMILES string of the molecule is CCC1(CC)NC(=O)N(CC(=O)N2CCCCC2c2ccn[nH]2)C1=O. The lowest BCUT2D eigenvalue weighted by atomic mass is 9.93. The van der Waals surface area contributed by atoms with Crippen molar-refractivity contribution in [2.24, 2.45) is 0 Å². The molecule has 0 aliphatic carbocycles. The number of nitrogens with one attached hydrogen (secondary N) is 2. The van der Waals surface area contributed by atoms with Gasteiger partial charge in [-0.15, -0.1) is 0 Å². The van der Waals surface area contributed by atoms with Crippen molar-refractivity contribution in [3.8, 4) is 0 Å². The predicted octanol–water partition coefficient (Wildman–Crippen LogP) is 1.57. The monoisotopic (exact) mass is 347 g/mol. The van der Waals surface area contributed by atoms with Crippen LogP contribution in [0.15, 0.2) is 12.3 Å². The van der Waals surface area contributed by atoms with E-state index < -0.39 is 11.6 Å². The number of hydrogen-bond donors (Lipinski definition) is 2. The Bertz CT molecular complexity index is 653. The quantitative estimate of drug-likeness (QED) is 0.790. The first-order chi connectivity index (χ1) is 12.0. The lowest BCUT2D eigenvalue weighted by molar-refractivity contribution is -0.141. The first-order valence-electron chi connectivity index (χ1n) is 8.95. The summed E-state index contributed by atoms with van der Waals surface area (Å²) in [5.41, 5.74) is 0.0175. The van der Waals surface area contributed by atoms with Gasteiger partial charge in [-0.3, -0.25) is 19.6 Å². The highest BCUT2D eigenvalue weighted by molar-refractivity contribution is 6.09. The average Bonchev–Trinajstić information content (AvgIpc) is 3.24. The van der Waals surface area contributed by atoms with Gasteiger partial charge in [0.15, 0.2) is 0 Å². The maximum Gasteiger partial charge on any atom is 0.325 e. The van der Waals surface area contributed by atoms with Gasteiger partial charge >= 0.3 is 6.03 Å². The van der Waals surface area contributed by atoms with Gasteiger partial charge in [-0.1, -0.05) is 13.8 Å². The largest absolute Gasteiger partial charge is 0.333 e. The van der Waals surface area contributed by atoms with E-state index in [0.29, 0.717) is 19.4 Å². The average molecular weight is 347 g/mol. The second kappa shape index (κ2) is 6.85. The van der Waals surface area contributed by atoms with Crippen molar-refractivity contribution in [3.63, 3.8) is 0 Å². The summed E-state index contributed by atoms with van der Waals surface area (Å²) in [6, 6.07) is 1.31. The third kappa shape index (κ3) is 3.01. The van der Waals surface area contributed by atoms with Crippen LogP contribution in [-0.2, 0) is 9.59 Å². The Kier molecular flexibility index (Phi) is 4.78. The van der Waals surface area contributed by atoms with Crippen molar-refractivity contribution in [3.05, 3.63) is 18.0 Å². The molecule has 4 amide bonds. The molecule has 2 N–H and O–H groups in total. The normalized spacial score (nSPS) is 23.0. The van der Waals surface area contributed by atoms with Crippen LogP contribution in [0.2, 0.25) is 0 Å². The maximum absolute atomic E-state index is 12.9. The second-order valence-corrected chi connectivity index (χ2v) is 6.72. The van der Waals surface area contributed by atoms with Gasteiger partial charge in [0.25, 0.3) is 5.91 Å². The van der Waals surface area contributed by atoms with Crippen LogP contribution in [0, 0.1) is 0 Å². The molecule has 1 unspecified atom stereocenters. The molecule has 1 aromatic heterocycles. The molecule has 0 saturated carbocycles. The van der Waals surface area contributed by atoms with E-state index in [1.54, 1.807) is 11.1 Å². The molecular formula is C17H25N5O3. The van der Waals surface area contributed by atoms with Crippen LogP contribution in [-0.4, -0.2) is 56.5 Å². The van der Waals surface area contributed by atoms with E-state index in [1.165, 1.54) is 0 Å². The molecule has 0 spiro atoms. The molecular weight excluding hydrogens is 322 g/mol. The van der Waals surface area contributed by atoms with Gasteiger partial charge in [-0.05, 0) is 38.2 Å². The number of hydrogen-bond acceptors (Lipinski definition) is 4. The number of rotatable bonds is 5. The van der Waals surface area contributed by atoms with Crippen LogP contribution in [0.3, 0.4) is 0 Å². The standard InChI is InChI=1S/C17H25N5O3/c1-3-17(4-2)15(24)22(16(25)19-17)11-14(23)21-10-6-5-7-13(21)12-8-9-18-20-12/h8-9,13H,3-7,10-11H2,1-2H3,(H,18,20)(H,19,25). The van der Waals surface area contributed by atoms with Gasteiger partial charge in [-0.25, -0.2) is 4.79 Å². The molecule has 1 atom stereocenters. The molecule has 136 valence electrons. The summed E-state index contributed by atoms with van der Waals surface area (Å²) < 4.78 is 0. The molecule has 8 nitrogen and oxygen atoms in total. The second-order valence-electron chi connectivity index (χ2n) is 6.72. The number of aromatic nitrogens is 2. The van der Waals surface area contributed by atoms with Crippen molar-refractivity contribution >= 4 is 17.8 Å². The molecule has 2 aliphatic rings. The van der Waals surface area contributed by atoms with Crippen molar-refractivity contribution in [2.45, 2.75) is 57.5 Å². The summed E-state index contributed by atoms with van der Waals surface area (Å²) in [7, 11) is 0. The summed E-state index contributed by atoms with van der Waals surface area (Å²) in [6.07, 6.45) is 5.50. The van der Waals surface area contributed by atoms with Crippen LogP contribution < -0.4 is 5.32 Å². The zero-order valence-electron chi connectivity index (χ0n) is 14.7. The number of aromatic amines is 1. The Hall–Kier alpha value is -2.38. The van der Waals surface area contributed by atoms with Gasteiger partial charge < -0.3 is 10.2 Å². The minimum atomic E-state index is -0.873. The van der Waals surface area contributed by atoms with Gasteiger partial charge in [0, 0.05) is 12.7 Å². The summed E-state index contributed by atoms with van der Waals surface area (Å²) in [6.45, 7) is 4.15. The number of H-pyrrole nitrogens is 1. The third-order valence-electron chi connectivity index (χ3n) is 5.45. The molecule has 2 saturated heterocycles. The number of carbonyl (C=O) groups excluding carboxylic acids is 3. The fraction of sp³-hybridized carbons (Fsp3) is 0.647. The van der Waals surface area contributed by atoms with Crippen molar-refractivity contribution < 1.29 is 14.4 Å². The number of likely N-dealkylation sites (tertiary alicyclic amines) is 1. The van der Waals surface area contributed by atoms with E-state index >= 15 is 0 Å². The molecule has 2 fully saturated rings. The zero-order valence-corrected chi connectivity index (χ0v) is 14.7. The smallest absolute Gasteiger partial charge is 0.325 e. The summed E-state index contributed by atoms with van der Waals surface area (Å²) in [4.78, 5) is 40.6. The summed E-state index contributed by atoms with van der Waals surface area (Å²) in [5.74, 6) is -0.503. The topological polar surface area (TPSA) is 98.4 Å². The van der Waals surface area contributed by atoms with E-state index in [1.807, 2.05) is 19.9 Å². The van der Waals surface area contributed by atoms with E-state index in [2.05, 4.69) is 15.5 Å². The Morgan fingerprint density at radius 2 is 2.08 bits per heavy atom. The highest BCUT2D eigenvalue weighted by Crippen LogP contribution is 2.30.